The Labute approximate surface area is 98.7 Å². The first-order valence-electron chi connectivity index (χ1n) is 5.99. The predicted octanol–water partition coefficient (Wildman–Crippen LogP) is 2.47. The molecule has 0 fully saturated rings. The molecule has 0 aromatic carbocycles. The van der Waals surface area contributed by atoms with Gasteiger partial charge in [-0.3, -0.25) is 0 Å². The Bertz CT molecular complexity index is 336. The van der Waals surface area contributed by atoms with Crippen LogP contribution in [0.15, 0.2) is 12.1 Å². The number of hydrogen-bond donors (Lipinski definition) is 1. The predicted molar refractivity (Wildman–Crippen MR) is 69.6 cm³/mol. The van der Waals surface area contributed by atoms with Crippen LogP contribution in [0.25, 0.3) is 0 Å². The van der Waals surface area contributed by atoms with Crippen molar-refractivity contribution in [1.82, 2.24) is 4.98 Å². The van der Waals surface area contributed by atoms with E-state index in [4.69, 9.17) is 5.73 Å². The molecule has 0 aliphatic rings. The van der Waals surface area contributed by atoms with Crippen molar-refractivity contribution in [2.75, 3.05) is 11.9 Å². The molecule has 1 heterocycles. The van der Waals surface area contributed by atoms with Crippen molar-refractivity contribution in [3.63, 3.8) is 0 Å². The number of pyridine rings is 1. The molecule has 1 aromatic heterocycles. The Morgan fingerprint density at radius 2 is 2.12 bits per heavy atom. The van der Waals surface area contributed by atoms with E-state index >= 15 is 0 Å². The summed E-state index contributed by atoms with van der Waals surface area (Å²) in [6, 6.07) is 4.60. The van der Waals surface area contributed by atoms with Gasteiger partial charge in [0.05, 0.1) is 0 Å². The molecule has 0 radical (unpaired) electrons. The van der Waals surface area contributed by atoms with Crippen LogP contribution in [-0.2, 0) is 6.54 Å². The monoisotopic (exact) mass is 221 g/mol. The molecule has 1 atom stereocenters. The number of aromatic nitrogens is 1. The third-order valence-corrected chi connectivity index (χ3v) is 3.02. The van der Waals surface area contributed by atoms with Gasteiger partial charge in [0.15, 0.2) is 0 Å². The molecule has 1 unspecified atom stereocenters. The lowest BCUT2D eigenvalue weighted by Crippen LogP contribution is -2.30. The third kappa shape index (κ3) is 2.95. The molecule has 0 saturated heterocycles. The minimum atomic E-state index is 0.504. The number of nitrogens with zero attached hydrogens (tertiary/aromatic N) is 2. The van der Waals surface area contributed by atoms with Gasteiger partial charge in [-0.05, 0) is 26.3 Å². The number of aryl methyl sites for hydroxylation is 1. The number of anilines is 1. The molecule has 0 aliphatic carbocycles. The highest BCUT2D eigenvalue weighted by molar-refractivity contribution is 5.47. The van der Waals surface area contributed by atoms with Gasteiger partial charge >= 0.3 is 0 Å². The standard InChI is InChI=1S/C13H23N3/c1-5-6-11(3)16(4)13-12(9-14)8-7-10(2)15-13/h7-8,11H,5-6,9,14H2,1-4H3. The van der Waals surface area contributed by atoms with Crippen molar-refractivity contribution < 1.29 is 0 Å². The molecule has 0 aliphatic heterocycles. The minimum absolute atomic E-state index is 0.504. The van der Waals surface area contributed by atoms with Crippen LogP contribution in [0.3, 0.4) is 0 Å². The maximum Gasteiger partial charge on any atom is 0.133 e. The molecule has 3 nitrogen and oxygen atoms in total. The van der Waals surface area contributed by atoms with Gasteiger partial charge in [-0.25, -0.2) is 4.98 Å². The van der Waals surface area contributed by atoms with Gasteiger partial charge < -0.3 is 10.6 Å². The first-order valence-corrected chi connectivity index (χ1v) is 5.99. The van der Waals surface area contributed by atoms with E-state index in [2.05, 4.69) is 36.8 Å². The Morgan fingerprint density at radius 1 is 1.44 bits per heavy atom. The summed E-state index contributed by atoms with van der Waals surface area (Å²) in [5.41, 5.74) is 7.91. The fourth-order valence-electron chi connectivity index (χ4n) is 1.86. The first-order chi connectivity index (χ1) is 7.60. The van der Waals surface area contributed by atoms with Gasteiger partial charge in [0.25, 0.3) is 0 Å². The number of rotatable bonds is 5. The molecule has 16 heavy (non-hydrogen) atoms. The SMILES string of the molecule is CCCC(C)N(C)c1nc(C)ccc1CN. The highest BCUT2D eigenvalue weighted by Crippen LogP contribution is 2.20. The third-order valence-electron chi connectivity index (χ3n) is 3.02. The average Bonchev–Trinajstić information content (AvgIpc) is 2.28. The summed E-state index contributed by atoms with van der Waals surface area (Å²) < 4.78 is 0. The summed E-state index contributed by atoms with van der Waals surface area (Å²) in [5, 5.41) is 0. The van der Waals surface area contributed by atoms with E-state index < -0.39 is 0 Å². The van der Waals surface area contributed by atoms with Crippen molar-refractivity contribution in [3.05, 3.63) is 23.4 Å². The second-order valence-electron chi connectivity index (χ2n) is 4.39. The quantitative estimate of drug-likeness (QED) is 0.830. The molecule has 1 rings (SSSR count). The Hall–Kier alpha value is -1.09. The van der Waals surface area contributed by atoms with Crippen LogP contribution in [0.1, 0.15) is 37.9 Å². The Kier molecular flexibility index (Phi) is 4.74. The normalized spacial score (nSPS) is 12.6. The van der Waals surface area contributed by atoms with E-state index in [1.165, 1.54) is 12.8 Å². The second-order valence-corrected chi connectivity index (χ2v) is 4.39. The Balaban J connectivity index is 2.96. The summed E-state index contributed by atoms with van der Waals surface area (Å²) in [4.78, 5) is 6.83. The summed E-state index contributed by atoms with van der Waals surface area (Å²) in [7, 11) is 2.10. The van der Waals surface area contributed by atoms with Gasteiger partial charge in [0, 0.05) is 30.9 Å². The molecular formula is C13H23N3. The summed E-state index contributed by atoms with van der Waals surface area (Å²) in [5.74, 6) is 1.03. The fraction of sp³-hybridized carbons (Fsp3) is 0.615. The van der Waals surface area contributed by atoms with Crippen molar-refractivity contribution in [2.24, 2.45) is 5.73 Å². The van der Waals surface area contributed by atoms with Crippen LogP contribution in [0.2, 0.25) is 0 Å². The molecule has 2 N–H and O–H groups in total. The van der Waals surface area contributed by atoms with Crippen LogP contribution in [-0.4, -0.2) is 18.1 Å². The largest absolute Gasteiger partial charge is 0.357 e. The number of hydrogen-bond acceptors (Lipinski definition) is 3. The molecule has 0 bridgehead atoms. The van der Waals surface area contributed by atoms with Crippen molar-refractivity contribution in [3.8, 4) is 0 Å². The zero-order valence-electron chi connectivity index (χ0n) is 10.8. The maximum absolute atomic E-state index is 5.75. The van der Waals surface area contributed by atoms with Crippen LogP contribution in [0.4, 0.5) is 5.82 Å². The van der Waals surface area contributed by atoms with Crippen LogP contribution in [0, 0.1) is 6.92 Å². The maximum atomic E-state index is 5.75. The molecule has 1 aromatic rings. The van der Waals surface area contributed by atoms with Crippen LogP contribution in [0.5, 0.6) is 0 Å². The van der Waals surface area contributed by atoms with E-state index in [1.807, 2.05) is 13.0 Å². The van der Waals surface area contributed by atoms with E-state index in [1.54, 1.807) is 0 Å². The Morgan fingerprint density at radius 3 is 2.69 bits per heavy atom. The van der Waals surface area contributed by atoms with Gasteiger partial charge in [-0.1, -0.05) is 19.4 Å². The molecule has 0 amide bonds. The highest BCUT2D eigenvalue weighted by atomic mass is 15.2. The van der Waals surface area contributed by atoms with Gasteiger partial charge in [0.2, 0.25) is 0 Å². The lowest BCUT2D eigenvalue weighted by Gasteiger charge is -2.27. The molecule has 90 valence electrons. The lowest BCUT2D eigenvalue weighted by atomic mass is 10.1. The van der Waals surface area contributed by atoms with Gasteiger partial charge in [0.1, 0.15) is 5.82 Å². The van der Waals surface area contributed by atoms with Crippen molar-refractivity contribution >= 4 is 5.82 Å². The van der Waals surface area contributed by atoms with Crippen LogP contribution >= 0.6 is 0 Å². The summed E-state index contributed by atoms with van der Waals surface area (Å²) in [6.45, 7) is 7.00. The van der Waals surface area contributed by atoms with E-state index in [0.717, 1.165) is 17.1 Å². The minimum Gasteiger partial charge on any atom is -0.357 e. The van der Waals surface area contributed by atoms with Gasteiger partial charge in [-0.15, -0.1) is 0 Å². The molecular weight excluding hydrogens is 198 g/mol. The number of nitrogens with two attached hydrogens (primary N) is 1. The molecule has 0 spiro atoms. The smallest absolute Gasteiger partial charge is 0.133 e. The second kappa shape index (κ2) is 5.85. The topological polar surface area (TPSA) is 42.2 Å². The lowest BCUT2D eigenvalue weighted by molar-refractivity contribution is 0.608. The average molecular weight is 221 g/mol. The molecule has 0 saturated carbocycles. The van der Waals surface area contributed by atoms with Crippen LogP contribution < -0.4 is 10.6 Å². The van der Waals surface area contributed by atoms with Crippen molar-refractivity contribution in [2.45, 2.75) is 46.2 Å². The summed E-state index contributed by atoms with van der Waals surface area (Å²) in [6.07, 6.45) is 2.37. The van der Waals surface area contributed by atoms with Gasteiger partial charge in [-0.2, -0.15) is 0 Å². The fourth-order valence-corrected chi connectivity index (χ4v) is 1.86. The summed E-state index contributed by atoms with van der Waals surface area (Å²) >= 11 is 0. The molecule has 3 heteroatoms. The first kappa shape index (κ1) is 13.0. The van der Waals surface area contributed by atoms with Crippen molar-refractivity contribution in [1.29, 1.82) is 0 Å². The van der Waals surface area contributed by atoms with E-state index in [-0.39, 0.29) is 0 Å². The van der Waals surface area contributed by atoms with E-state index in [0.29, 0.717) is 12.6 Å². The highest BCUT2D eigenvalue weighted by Gasteiger charge is 2.13. The zero-order valence-corrected chi connectivity index (χ0v) is 10.8. The van der Waals surface area contributed by atoms with E-state index in [9.17, 15) is 0 Å². The zero-order chi connectivity index (χ0) is 12.1.